The fraction of sp³-hybridized carbons (Fsp3) is 0. The Bertz CT molecular complexity index is 4500. The molecule has 312 valence electrons. The summed E-state index contributed by atoms with van der Waals surface area (Å²) in [5.41, 5.74) is 17.3. The lowest BCUT2D eigenvalue weighted by atomic mass is 9.98. The smallest absolute Gasteiger partial charge is 0.213 e. The Balaban J connectivity index is 0.845. The summed E-state index contributed by atoms with van der Waals surface area (Å²) in [6.07, 6.45) is 0. The van der Waals surface area contributed by atoms with Crippen molar-refractivity contribution in [2.24, 2.45) is 0 Å². The van der Waals surface area contributed by atoms with Crippen molar-refractivity contribution in [1.29, 1.82) is 0 Å². The van der Waals surface area contributed by atoms with Crippen molar-refractivity contribution in [1.82, 2.24) is 13.7 Å². The van der Waals surface area contributed by atoms with Crippen molar-refractivity contribution in [3.8, 4) is 39.3 Å². The highest BCUT2D eigenvalue weighted by atomic mass is 16.3. The standard InChI is InChI=1S/C62H37N3O2/c1-2-13-41(14-3-1)65-56-22-12-19-44(60(56)61-49-18-7-11-24-58(49)67-62(61)65)38-25-29-42(30-26-38)63-52-20-8-4-15-45(52)50-35-39(27-33-54(50)63)40-28-34-55-51(36-40)46-16-5-9-21-53(46)64(55)43-31-32-48-47-17-6-10-23-57(47)66-59(48)37-43/h1-37H. The van der Waals surface area contributed by atoms with Crippen LogP contribution in [0.5, 0.6) is 0 Å². The van der Waals surface area contributed by atoms with Crippen LogP contribution in [0.1, 0.15) is 0 Å². The van der Waals surface area contributed by atoms with Crippen molar-refractivity contribution < 1.29 is 8.83 Å². The van der Waals surface area contributed by atoms with E-state index in [1.165, 1.54) is 60.2 Å². The molecular formula is C62H37N3O2. The predicted molar refractivity (Wildman–Crippen MR) is 277 cm³/mol. The molecule has 0 saturated heterocycles. The first-order valence-electron chi connectivity index (χ1n) is 22.8. The molecule has 0 N–H and O–H groups in total. The molecule has 0 amide bonds. The first-order valence-corrected chi connectivity index (χ1v) is 22.8. The van der Waals surface area contributed by atoms with Crippen LogP contribution >= 0.6 is 0 Å². The summed E-state index contributed by atoms with van der Waals surface area (Å²) in [6.45, 7) is 0. The number of nitrogens with zero attached hydrogens (tertiary/aromatic N) is 3. The molecule has 5 heteroatoms. The van der Waals surface area contributed by atoms with Crippen molar-refractivity contribution in [3.63, 3.8) is 0 Å². The summed E-state index contributed by atoms with van der Waals surface area (Å²) in [7, 11) is 0. The third-order valence-corrected chi connectivity index (χ3v) is 14.1. The maximum Gasteiger partial charge on any atom is 0.213 e. The monoisotopic (exact) mass is 855 g/mol. The highest BCUT2D eigenvalue weighted by Crippen LogP contribution is 2.44. The second-order valence-electron chi connectivity index (χ2n) is 17.6. The van der Waals surface area contributed by atoms with Gasteiger partial charge < -0.3 is 18.0 Å². The topological polar surface area (TPSA) is 41.1 Å². The maximum atomic E-state index is 6.63. The maximum absolute atomic E-state index is 6.63. The lowest BCUT2D eigenvalue weighted by molar-refractivity contribution is 0.645. The number of para-hydroxylation sites is 5. The largest absolute Gasteiger partial charge is 0.456 e. The molecule has 15 aromatic rings. The van der Waals surface area contributed by atoms with Crippen molar-refractivity contribution >= 4 is 98.5 Å². The van der Waals surface area contributed by atoms with Gasteiger partial charge in [-0.1, -0.05) is 127 Å². The lowest BCUT2D eigenvalue weighted by Gasteiger charge is -2.11. The quantitative estimate of drug-likeness (QED) is 0.173. The first-order chi connectivity index (χ1) is 33.2. The first kappa shape index (κ1) is 36.3. The van der Waals surface area contributed by atoms with Gasteiger partial charge in [-0.3, -0.25) is 4.57 Å². The molecule has 0 fully saturated rings. The zero-order valence-corrected chi connectivity index (χ0v) is 36.0. The Morgan fingerprint density at radius 3 is 1.46 bits per heavy atom. The summed E-state index contributed by atoms with van der Waals surface area (Å²) in [5.74, 6) is 0. The molecule has 5 aromatic heterocycles. The van der Waals surface area contributed by atoms with Gasteiger partial charge in [0.25, 0.3) is 0 Å². The third-order valence-electron chi connectivity index (χ3n) is 14.1. The molecule has 0 spiro atoms. The Morgan fingerprint density at radius 1 is 0.254 bits per heavy atom. The average molecular weight is 856 g/mol. The molecule has 67 heavy (non-hydrogen) atoms. The van der Waals surface area contributed by atoms with E-state index in [0.717, 1.165) is 77.7 Å². The van der Waals surface area contributed by atoms with Gasteiger partial charge in [-0.15, -0.1) is 0 Å². The van der Waals surface area contributed by atoms with E-state index in [9.17, 15) is 0 Å². The fourth-order valence-electron chi connectivity index (χ4n) is 11.1. The molecule has 0 unspecified atom stereocenters. The molecular weight excluding hydrogens is 819 g/mol. The van der Waals surface area contributed by atoms with Crippen LogP contribution in [0.3, 0.4) is 0 Å². The van der Waals surface area contributed by atoms with Crippen LogP contribution in [0.4, 0.5) is 0 Å². The van der Waals surface area contributed by atoms with Gasteiger partial charge in [0.15, 0.2) is 0 Å². The SMILES string of the molecule is c1ccc(-n2c3cccc(-c4ccc(-n5c6ccccc6c6cc(-c7ccc8c(c7)c7ccccc7n8-c7ccc8c(c7)oc7ccccc78)ccc65)cc4)c3c3c4ccccc4oc32)cc1. The van der Waals surface area contributed by atoms with Gasteiger partial charge in [0.2, 0.25) is 5.71 Å². The highest BCUT2D eigenvalue weighted by Gasteiger charge is 2.23. The Morgan fingerprint density at radius 2 is 0.761 bits per heavy atom. The zero-order chi connectivity index (χ0) is 43.7. The van der Waals surface area contributed by atoms with Crippen LogP contribution in [0.2, 0.25) is 0 Å². The molecule has 0 aliphatic carbocycles. The minimum Gasteiger partial charge on any atom is -0.456 e. The Labute approximate surface area is 383 Å². The molecule has 15 rings (SSSR count). The summed E-state index contributed by atoms with van der Waals surface area (Å²) in [5, 5.41) is 10.6. The molecule has 0 bridgehead atoms. The van der Waals surface area contributed by atoms with Gasteiger partial charge >= 0.3 is 0 Å². The van der Waals surface area contributed by atoms with E-state index in [0.29, 0.717) is 0 Å². The molecule has 5 heterocycles. The van der Waals surface area contributed by atoms with Crippen LogP contribution in [-0.4, -0.2) is 13.7 Å². The van der Waals surface area contributed by atoms with Gasteiger partial charge in [-0.25, -0.2) is 0 Å². The predicted octanol–water partition coefficient (Wildman–Crippen LogP) is 17.0. The van der Waals surface area contributed by atoms with Gasteiger partial charge in [-0.05, 0) is 113 Å². The van der Waals surface area contributed by atoms with Crippen LogP contribution in [0.15, 0.2) is 233 Å². The van der Waals surface area contributed by atoms with Crippen LogP contribution in [0, 0.1) is 0 Å². The second-order valence-corrected chi connectivity index (χ2v) is 17.6. The zero-order valence-electron chi connectivity index (χ0n) is 36.0. The second kappa shape index (κ2) is 13.7. The molecule has 5 nitrogen and oxygen atoms in total. The number of aromatic nitrogens is 3. The van der Waals surface area contributed by atoms with Crippen molar-refractivity contribution in [2.75, 3.05) is 0 Å². The van der Waals surface area contributed by atoms with E-state index in [4.69, 9.17) is 8.83 Å². The summed E-state index contributed by atoms with van der Waals surface area (Å²) >= 11 is 0. The van der Waals surface area contributed by atoms with E-state index >= 15 is 0 Å². The molecule has 0 aliphatic heterocycles. The Kier molecular flexibility index (Phi) is 7.44. The number of fused-ring (bicyclic) bond motifs is 14. The van der Waals surface area contributed by atoms with E-state index < -0.39 is 0 Å². The summed E-state index contributed by atoms with van der Waals surface area (Å²) < 4.78 is 20.0. The van der Waals surface area contributed by atoms with E-state index in [1.807, 2.05) is 18.2 Å². The van der Waals surface area contributed by atoms with Gasteiger partial charge in [0, 0.05) is 66.2 Å². The molecule has 10 aromatic carbocycles. The van der Waals surface area contributed by atoms with Crippen molar-refractivity contribution in [3.05, 3.63) is 224 Å². The van der Waals surface area contributed by atoms with Crippen LogP contribution < -0.4 is 0 Å². The highest BCUT2D eigenvalue weighted by molar-refractivity contribution is 6.24. The van der Waals surface area contributed by atoms with E-state index in [2.05, 4.69) is 220 Å². The van der Waals surface area contributed by atoms with Gasteiger partial charge in [0.05, 0.1) is 33.0 Å². The Hall–Kier alpha value is -9.06. The molecule has 0 radical (unpaired) electrons. The molecule has 0 aliphatic rings. The van der Waals surface area contributed by atoms with E-state index in [-0.39, 0.29) is 0 Å². The van der Waals surface area contributed by atoms with Gasteiger partial charge in [-0.2, -0.15) is 0 Å². The molecule has 0 atom stereocenters. The normalized spacial score (nSPS) is 12.2. The number of furan rings is 2. The van der Waals surface area contributed by atoms with Crippen molar-refractivity contribution in [2.45, 2.75) is 0 Å². The minimum atomic E-state index is 0.861. The number of hydrogen-bond donors (Lipinski definition) is 0. The van der Waals surface area contributed by atoms with E-state index in [1.54, 1.807) is 0 Å². The minimum absolute atomic E-state index is 0.861. The summed E-state index contributed by atoms with van der Waals surface area (Å²) in [4.78, 5) is 0. The average Bonchev–Trinajstić information content (AvgIpc) is 4.19. The lowest BCUT2D eigenvalue weighted by Crippen LogP contribution is -1.94. The van der Waals surface area contributed by atoms with Gasteiger partial charge in [0.1, 0.15) is 16.7 Å². The number of hydrogen-bond acceptors (Lipinski definition) is 2. The number of benzene rings is 10. The van der Waals surface area contributed by atoms with Crippen LogP contribution in [0.25, 0.3) is 138 Å². The molecule has 0 saturated carbocycles. The summed E-state index contributed by atoms with van der Waals surface area (Å²) in [6, 6.07) is 80.8. The fourth-order valence-corrected chi connectivity index (χ4v) is 11.1. The number of rotatable bonds is 5. The van der Waals surface area contributed by atoms with Crippen LogP contribution in [-0.2, 0) is 0 Å². The third kappa shape index (κ3) is 5.19.